The maximum absolute atomic E-state index is 13.8. The van der Waals surface area contributed by atoms with E-state index in [1.54, 1.807) is 40.1 Å². The number of aryl methyl sites for hydroxylation is 2. The van der Waals surface area contributed by atoms with Crippen LogP contribution in [0.15, 0.2) is 59.3 Å². The molecule has 3 heterocycles. The molecular formula is C31H33FN4O2S2. The highest BCUT2D eigenvalue weighted by Crippen LogP contribution is 2.48. The summed E-state index contributed by atoms with van der Waals surface area (Å²) in [5.74, 6) is 0.0991. The summed E-state index contributed by atoms with van der Waals surface area (Å²) >= 11 is 3.20. The summed E-state index contributed by atoms with van der Waals surface area (Å²) < 4.78 is 15.2. The summed E-state index contributed by atoms with van der Waals surface area (Å²) in [6, 6.07) is 14.3. The highest BCUT2D eigenvalue weighted by atomic mass is 32.2. The first-order chi connectivity index (χ1) is 19.0. The lowest BCUT2D eigenvalue weighted by Gasteiger charge is -2.24. The molecule has 0 radical (unpaired) electrons. The SMILES string of the molecule is Cc1ccc(-n2nc(C(C)(C)C)c3c2N(CC(=O)NCc2ccc(F)cc2)C(=O)CSC3c2ccsc2)c(C)c1. The Morgan fingerprint density at radius 1 is 1.12 bits per heavy atom. The number of thioether (sulfide) groups is 1. The number of aromatic nitrogens is 2. The van der Waals surface area contributed by atoms with Crippen molar-refractivity contribution in [3.05, 3.63) is 98.6 Å². The Kier molecular flexibility index (Phi) is 7.88. The van der Waals surface area contributed by atoms with Gasteiger partial charge < -0.3 is 5.32 Å². The number of amides is 2. The number of rotatable bonds is 6. The van der Waals surface area contributed by atoms with Crippen LogP contribution >= 0.6 is 23.1 Å². The Morgan fingerprint density at radius 3 is 2.52 bits per heavy atom. The van der Waals surface area contributed by atoms with Gasteiger partial charge in [0.2, 0.25) is 11.8 Å². The van der Waals surface area contributed by atoms with Crippen molar-refractivity contribution >= 4 is 40.7 Å². The van der Waals surface area contributed by atoms with Crippen LogP contribution in [-0.4, -0.2) is 33.9 Å². The molecule has 2 aromatic heterocycles. The smallest absolute Gasteiger partial charge is 0.240 e. The van der Waals surface area contributed by atoms with Gasteiger partial charge in [-0.05, 0) is 65.6 Å². The number of benzene rings is 2. The Balaban J connectivity index is 1.63. The van der Waals surface area contributed by atoms with Crippen LogP contribution in [0.25, 0.3) is 5.69 Å². The fraction of sp³-hybridized carbons (Fsp3) is 0.323. The van der Waals surface area contributed by atoms with E-state index in [9.17, 15) is 14.0 Å². The summed E-state index contributed by atoms with van der Waals surface area (Å²) in [6.07, 6.45) is 0. The van der Waals surface area contributed by atoms with Crippen molar-refractivity contribution in [1.29, 1.82) is 0 Å². The summed E-state index contributed by atoms with van der Waals surface area (Å²) in [7, 11) is 0. The average molecular weight is 577 g/mol. The molecule has 0 saturated heterocycles. The topological polar surface area (TPSA) is 67.2 Å². The van der Waals surface area contributed by atoms with E-state index in [2.05, 4.69) is 43.6 Å². The summed E-state index contributed by atoms with van der Waals surface area (Å²) in [4.78, 5) is 28.6. The van der Waals surface area contributed by atoms with E-state index < -0.39 is 0 Å². The van der Waals surface area contributed by atoms with Crippen molar-refractivity contribution in [1.82, 2.24) is 15.1 Å². The third-order valence-corrected chi connectivity index (χ3v) is 8.89. The number of carbonyl (C=O) groups is 2. The van der Waals surface area contributed by atoms with E-state index >= 15 is 0 Å². The molecule has 0 bridgehead atoms. The van der Waals surface area contributed by atoms with Gasteiger partial charge in [0.1, 0.15) is 18.2 Å². The molecule has 1 unspecified atom stereocenters. The standard InChI is InChI=1S/C31H33FN4O2S2/c1-19-6-11-24(20(2)14-19)36-30-27(29(34-36)31(3,4)5)28(22-12-13-39-17-22)40-18-26(38)35(30)16-25(37)33-15-21-7-9-23(32)10-8-21/h6-14,17,28H,15-16,18H2,1-5H3,(H,33,37). The predicted octanol–water partition coefficient (Wildman–Crippen LogP) is 6.47. The van der Waals surface area contributed by atoms with Crippen molar-refractivity contribution in [3.63, 3.8) is 0 Å². The molecule has 1 aliphatic rings. The molecule has 6 nitrogen and oxygen atoms in total. The maximum atomic E-state index is 13.8. The molecule has 9 heteroatoms. The average Bonchev–Trinajstić information content (AvgIpc) is 3.54. The van der Waals surface area contributed by atoms with E-state index in [0.717, 1.165) is 39.2 Å². The van der Waals surface area contributed by atoms with Crippen molar-refractivity contribution in [2.24, 2.45) is 0 Å². The highest BCUT2D eigenvalue weighted by molar-refractivity contribution is 8.00. The van der Waals surface area contributed by atoms with Gasteiger partial charge in [0, 0.05) is 17.5 Å². The van der Waals surface area contributed by atoms with Crippen LogP contribution in [0.2, 0.25) is 0 Å². The van der Waals surface area contributed by atoms with Crippen molar-refractivity contribution in [2.75, 3.05) is 17.2 Å². The molecule has 1 N–H and O–H groups in total. The largest absolute Gasteiger partial charge is 0.350 e. The van der Waals surface area contributed by atoms with Gasteiger partial charge in [-0.3, -0.25) is 14.5 Å². The number of halogens is 1. The third kappa shape index (κ3) is 5.71. The maximum Gasteiger partial charge on any atom is 0.240 e. The van der Waals surface area contributed by atoms with Gasteiger partial charge in [-0.2, -0.15) is 16.4 Å². The van der Waals surface area contributed by atoms with Gasteiger partial charge in [-0.15, -0.1) is 11.8 Å². The number of hydrogen-bond acceptors (Lipinski definition) is 5. The van der Waals surface area contributed by atoms with Gasteiger partial charge in [0.25, 0.3) is 0 Å². The number of thiophene rings is 1. The minimum absolute atomic E-state index is 0.105. The molecular weight excluding hydrogens is 543 g/mol. The molecule has 2 amide bonds. The van der Waals surface area contributed by atoms with Gasteiger partial charge in [-0.25, -0.2) is 9.07 Å². The monoisotopic (exact) mass is 576 g/mol. The van der Waals surface area contributed by atoms with Crippen molar-refractivity contribution < 1.29 is 14.0 Å². The molecule has 5 rings (SSSR count). The first-order valence-electron chi connectivity index (χ1n) is 13.2. The number of hydrogen-bond donors (Lipinski definition) is 1. The minimum Gasteiger partial charge on any atom is -0.350 e. The number of anilines is 1. The van der Waals surface area contributed by atoms with Crippen LogP contribution in [0, 0.1) is 19.7 Å². The van der Waals surface area contributed by atoms with Gasteiger partial charge in [0.15, 0.2) is 0 Å². The van der Waals surface area contributed by atoms with Crippen molar-refractivity contribution in [2.45, 2.75) is 51.8 Å². The van der Waals surface area contributed by atoms with Gasteiger partial charge >= 0.3 is 0 Å². The summed E-state index contributed by atoms with van der Waals surface area (Å²) in [5.41, 5.74) is 6.49. The second-order valence-electron chi connectivity index (χ2n) is 11.2. The molecule has 4 aromatic rings. The van der Waals surface area contributed by atoms with Crippen LogP contribution in [0.4, 0.5) is 10.2 Å². The number of fused-ring (bicyclic) bond motifs is 1. The first kappa shape index (κ1) is 28.1. The lowest BCUT2D eigenvalue weighted by molar-refractivity contribution is -0.123. The summed E-state index contributed by atoms with van der Waals surface area (Å²) in [6.45, 7) is 10.6. The van der Waals surface area contributed by atoms with Crippen LogP contribution in [0.1, 0.15) is 59.5 Å². The Bertz CT molecular complexity index is 1540. The molecule has 208 valence electrons. The summed E-state index contributed by atoms with van der Waals surface area (Å²) in [5, 5.41) is 12.1. The van der Waals surface area contributed by atoms with E-state index in [1.807, 2.05) is 36.0 Å². The van der Waals surface area contributed by atoms with E-state index in [0.29, 0.717) is 5.82 Å². The number of carbonyl (C=O) groups excluding carboxylic acids is 2. The quantitative estimate of drug-likeness (QED) is 0.286. The lowest BCUT2D eigenvalue weighted by atomic mass is 9.87. The zero-order valence-electron chi connectivity index (χ0n) is 23.3. The molecule has 40 heavy (non-hydrogen) atoms. The van der Waals surface area contributed by atoms with Crippen molar-refractivity contribution in [3.8, 4) is 5.69 Å². The molecule has 2 aromatic carbocycles. The Morgan fingerprint density at radius 2 is 1.88 bits per heavy atom. The first-order valence-corrected chi connectivity index (χ1v) is 15.2. The van der Waals surface area contributed by atoms with Crippen LogP contribution in [0.3, 0.4) is 0 Å². The molecule has 0 fully saturated rings. The number of nitrogens with zero attached hydrogens (tertiary/aromatic N) is 3. The van der Waals surface area contributed by atoms with Gasteiger partial charge in [0.05, 0.1) is 22.4 Å². The molecule has 0 spiro atoms. The number of nitrogens with one attached hydrogen (secondary N) is 1. The molecule has 1 atom stereocenters. The molecule has 0 aliphatic carbocycles. The van der Waals surface area contributed by atoms with Crippen LogP contribution in [0.5, 0.6) is 0 Å². The fourth-order valence-electron chi connectivity index (χ4n) is 4.97. The highest BCUT2D eigenvalue weighted by Gasteiger charge is 2.40. The lowest BCUT2D eigenvalue weighted by Crippen LogP contribution is -2.42. The second-order valence-corrected chi connectivity index (χ2v) is 13.0. The normalized spacial score (nSPS) is 15.6. The molecule has 1 aliphatic heterocycles. The Hall–Kier alpha value is -3.43. The Labute approximate surface area is 242 Å². The zero-order valence-corrected chi connectivity index (χ0v) is 25.0. The predicted molar refractivity (Wildman–Crippen MR) is 161 cm³/mol. The minimum atomic E-state index is -0.329. The van der Waals surface area contributed by atoms with Crippen LogP contribution in [-0.2, 0) is 21.5 Å². The van der Waals surface area contributed by atoms with E-state index in [1.165, 1.54) is 12.1 Å². The van der Waals surface area contributed by atoms with E-state index in [-0.39, 0.29) is 47.1 Å². The van der Waals surface area contributed by atoms with Crippen LogP contribution < -0.4 is 10.2 Å². The van der Waals surface area contributed by atoms with E-state index in [4.69, 9.17) is 5.10 Å². The zero-order chi connectivity index (χ0) is 28.6. The third-order valence-electron chi connectivity index (χ3n) is 6.93. The second kappa shape index (κ2) is 11.2. The van der Waals surface area contributed by atoms with Gasteiger partial charge in [-0.1, -0.05) is 50.6 Å². The molecule has 0 saturated carbocycles. The fourth-order valence-corrected chi connectivity index (χ4v) is 6.93.